The molecule has 1 amide bonds. The van der Waals surface area contributed by atoms with E-state index in [1.54, 1.807) is 30.1 Å². The van der Waals surface area contributed by atoms with Gasteiger partial charge in [0.2, 0.25) is 0 Å². The lowest BCUT2D eigenvalue weighted by Gasteiger charge is -2.33. The van der Waals surface area contributed by atoms with Crippen LogP contribution in [0.4, 0.5) is 0 Å². The third-order valence-corrected chi connectivity index (χ3v) is 5.05. The maximum Gasteiger partial charge on any atom is 0.263 e. The zero-order valence-corrected chi connectivity index (χ0v) is 15.3. The molecule has 1 fully saturated rings. The normalized spacial score (nSPS) is 17.6. The van der Waals surface area contributed by atoms with Crippen molar-refractivity contribution in [1.29, 1.82) is 0 Å². The van der Waals surface area contributed by atoms with Crippen molar-refractivity contribution in [3.8, 4) is 0 Å². The van der Waals surface area contributed by atoms with Crippen LogP contribution in [0.25, 0.3) is 0 Å². The second-order valence-corrected chi connectivity index (χ2v) is 6.79. The lowest BCUT2D eigenvalue weighted by molar-refractivity contribution is -0.0229. The van der Waals surface area contributed by atoms with Gasteiger partial charge in [0.1, 0.15) is 11.7 Å². The van der Waals surface area contributed by atoms with Crippen LogP contribution in [0.5, 0.6) is 0 Å². The molecule has 0 saturated carbocycles. The number of amides is 1. The van der Waals surface area contributed by atoms with Crippen molar-refractivity contribution in [2.24, 2.45) is 7.05 Å². The average molecular weight is 361 g/mol. The summed E-state index contributed by atoms with van der Waals surface area (Å²) in [6, 6.07) is 9.10. The van der Waals surface area contributed by atoms with E-state index in [0.717, 1.165) is 16.8 Å². The molecule has 1 atom stereocenters. The minimum atomic E-state index is -0.261. The van der Waals surface area contributed by atoms with Crippen LogP contribution >= 0.6 is 11.6 Å². The van der Waals surface area contributed by atoms with Gasteiger partial charge in [0.05, 0.1) is 13.2 Å². The SMILES string of the molecule is Cc1cc(C(=O)N2CCOC(c3ccc(Cl)cc3)C2)c(=O)n(C)c1C. The van der Waals surface area contributed by atoms with Gasteiger partial charge in [-0.1, -0.05) is 23.7 Å². The van der Waals surface area contributed by atoms with E-state index in [1.165, 1.54) is 4.57 Å². The summed E-state index contributed by atoms with van der Waals surface area (Å²) in [4.78, 5) is 27.1. The van der Waals surface area contributed by atoms with E-state index in [2.05, 4.69) is 0 Å². The Morgan fingerprint density at radius 1 is 1.24 bits per heavy atom. The summed E-state index contributed by atoms with van der Waals surface area (Å²) in [5.74, 6) is -0.244. The van der Waals surface area contributed by atoms with Gasteiger partial charge in [0.25, 0.3) is 11.5 Å². The first-order chi connectivity index (χ1) is 11.9. The quantitative estimate of drug-likeness (QED) is 0.827. The molecule has 132 valence electrons. The van der Waals surface area contributed by atoms with Crippen molar-refractivity contribution in [1.82, 2.24) is 9.47 Å². The molecule has 1 aliphatic rings. The molecule has 1 unspecified atom stereocenters. The molecule has 1 aliphatic heterocycles. The summed E-state index contributed by atoms with van der Waals surface area (Å²) in [6.45, 7) is 5.09. The number of morpholine rings is 1. The van der Waals surface area contributed by atoms with Crippen LogP contribution < -0.4 is 5.56 Å². The van der Waals surface area contributed by atoms with Gasteiger partial charge in [-0.05, 0) is 43.2 Å². The van der Waals surface area contributed by atoms with E-state index >= 15 is 0 Å². The molecule has 0 aliphatic carbocycles. The van der Waals surface area contributed by atoms with Crippen LogP contribution in [0, 0.1) is 13.8 Å². The molecule has 0 spiro atoms. The number of hydrogen-bond donors (Lipinski definition) is 0. The van der Waals surface area contributed by atoms with Gasteiger partial charge in [-0.15, -0.1) is 0 Å². The number of halogens is 1. The maximum absolute atomic E-state index is 12.9. The summed E-state index contributed by atoms with van der Waals surface area (Å²) < 4.78 is 7.32. The maximum atomic E-state index is 12.9. The van der Waals surface area contributed by atoms with E-state index in [0.29, 0.717) is 24.7 Å². The molecule has 5 nitrogen and oxygen atoms in total. The number of hydrogen-bond acceptors (Lipinski definition) is 3. The van der Waals surface area contributed by atoms with E-state index < -0.39 is 0 Å². The molecule has 25 heavy (non-hydrogen) atoms. The Labute approximate surface area is 151 Å². The molecule has 1 aromatic carbocycles. The third kappa shape index (κ3) is 3.48. The van der Waals surface area contributed by atoms with E-state index in [1.807, 2.05) is 26.0 Å². The van der Waals surface area contributed by atoms with Gasteiger partial charge in [-0.3, -0.25) is 9.59 Å². The van der Waals surface area contributed by atoms with Crippen LogP contribution in [-0.4, -0.2) is 35.1 Å². The first kappa shape index (κ1) is 17.7. The van der Waals surface area contributed by atoms with Gasteiger partial charge >= 0.3 is 0 Å². The molecular weight excluding hydrogens is 340 g/mol. The number of aromatic nitrogens is 1. The monoisotopic (exact) mass is 360 g/mol. The molecule has 0 N–H and O–H groups in total. The summed E-state index contributed by atoms with van der Waals surface area (Å²) >= 11 is 5.93. The number of carbonyl (C=O) groups is 1. The second-order valence-electron chi connectivity index (χ2n) is 6.35. The van der Waals surface area contributed by atoms with Crippen LogP contribution in [0.15, 0.2) is 35.1 Å². The molecule has 2 aromatic rings. The summed E-state index contributed by atoms with van der Waals surface area (Å²) in [6.07, 6.45) is -0.217. The Hall–Kier alpha value is -2.11. The number of aryl methyl sites for hydroxylation is 1. The number of benzene rings is 1. The Morgan fingerprint density at radius 2 is 1.92 bits per heavy atom. The van der Waals surface area contributed by atoms with Crippen LogP contribution in [0.3, 0.4) is 0 Å². The average Bonchev–Trinajstić information content (AvgIpc) is 2.63. The zero-order valence-electron chi connectivity index (χ0n) is 14.6. The highest BCUT2D eigenvalue weighted by molar-refractivity contribution is 6.30. The topological polar surface area (TPSA) is 51.5 Å². The summed E-state index contributed by atoms with van der Waals surface area (Å²) in [5.41, 5.74) is 2.70. The number of carbonyl (C=O) groups excluding carboxylic acids is 1. The highest BCUT2D eigenvalue weighted by Crippen LogP contribution is 2.24. The van der Waals surface area contributed by atoms with Crippen molar-refractivity contribution in [3.05, 3.63) is 68.1 Å². The van der Waals surface area contributed by atoms with E-state index in [4.69, 9.17) is 16.3 Å². The number of nitrogens with zero attached hydrogens (tertiary/aromatic N) is 2. The highest BCUT2D eigenvalue weighted by atomic mass is 35.5. The Balaban J connectivity index is 1.85. The molecule has 1 aromatic heterocycles. The fraction of sp³-hybridized carbons (Fsp3) is 0.368. The van der Waals surface area contributed by atoms with Crippen LogP contribution in [0.1, 0.15) is 33.3 Å². The molecular formula is C19H21ClN2O3. The van der Waals surface area contributed by atoms with Crippen molar-refractivity contribution in [3.63, 3.8) is 0 Å². The second kappa shape index (κ2) is 7.02. The number of rotatable bonds is 2. The van der Waals surface area contributed by atoms with E-state index in [9.17, 15) is 9.59 Å². The van der Waals surface area contributed by atoms with Crippen molar-refractivity contribution in [2.45, 2.75) is 20.0 Å². The van der Waals surface area contributed by atoms with Crippen LogP contribution in [-0.2, 0) is 11.8 Å². The third-order valence-electron chi connectivity index (χ3n) is 4.80. The van der Waals surface area contributed by atoms with Gasteiger partial charge < -0.3 is 14.2 Å². The lowest BCUT2D eigenvalue weighted by Crippen LogP contribution is -2.44. The van der Waals surface area contributed by atoms with Gasteiger partial charge in [0, 0.05) is 24.3 Å². The molecule has 3 rings (SSSR count). The van der Waals surface area contributed by atoms with Crippen molar-refractivity contribution in [2.75, 3.05) is 19.7 Å². The molecule has 0 radical (unpaired) electrons. The predicted octanol–water partition coefficient (Wildman–Crippen LogP) is 2.87. The molecule has 0 bridgehead atoms. The Morgan fingerprint density at radius 3 is 2.60 bits per heavy atom. The number of ether oxygens (including phenoxy) is 1. The summed E-state index contributed by atoms with van der Waals surface area (Å²) in [5, 5.41) is 0.658. The smallest absolute Gasteiger partial charge is 0.263 e. The zero-order chi connectivity index (χ0) is 18.1. The largest absolute Gasteiger partial charge is 0.370 e. The molecule has 6 heteroatoms. The minimum absolute atomic E-state index is 0.211. The van der Waals surface area contributed by atoms with Gasteiger partial charge in [-0.25, -0.2) is 0 Å². The van der Waals surface area contributed by atoms with E-state index in [-0.39, 0.29) is 23.1 Å². The first-order valence-electron chi connectivity index (χ1n) is 8.22. The highest BCUT2D eigenvalue weighted by Gasteiger charge is 2.28. The van der Waals surface area contributed by atoms with Crippen molar-refractivity contribution < 1.29 is 9.53 Å². The fourth-order valence-corrected chi connectivity index (χ4v) is 3.14. The first-order valence-corrected chi connectivity index (χ1v) is 8.60. The van der Waals surface area contributed by atoms with Gasteiger partial charge in [0.15, 0.2) is 0 Å². The number of pyridine rings is 1. The Kier molecular flexibility index (Phi) is 4.97. The lowest BCUT2D eigenvalue weighted by atomic mass is 10.1. The Bertz CT molecular complexity index is 858. The fourth-order valence-electron chi connectivity index (χ4n) is 3.02. The molecule has 1 saturated heterocycles. The van der Waals surface area contributed by atoms with Crippen molar-refractivity contribution >= 4 is 17.5 Å². The summed E-state index contributed by atoms with van der Waals surface area (Å²) in [7, 11) is 1.69. The predicted molar refractivity (Wildman–Crippen MR) is 97.2 cm³/mol. The van der Waals surface area contributed by atoms with Gasteiger partial charge in [-0.2, -0.15) is 0 Å². The minimum Gasteiger partial charge on any atom is -0.370 e. The standard InChI is InChI=1S/C19H21ClN2O3/c1-12-10-16(18(23)21(3)13(12)2)19(24)22-8-9-25-17(11-22)14-4-6-15(20)7-5-14/h4-7,10,17H,8-9,11H2,1-3H3. The molecule has 2 heterocycles. The van der Waals surface area contributed by atoms with Crippen LogP contribution in [0.2, 0.25) is 5.02 Å².